The molecule has 0 fully saturated rings. The van der Waals surface area contributed by atoms with E-state index in [1.807, 2.05) is 13.1 Å². The summed E-state index contributed by atoms with van der Waals surface area (Å²) in [6, 6.07) is 3.93. The Hall–Kier alpha value is -1.14. The van der Waals surface area contributed by atoms with Gasteiger partial charge in [-0.2, -0.15) is 0 Å². The molecular weight excluding hydrogens is 324 g/mol. The molecule has 0 aliphatic carbocycles. The summed E-state index contributed by atoms with van der Waals surface area (Å²) in [7, 11) is 2.01. The largest absolute Gasteiger partial charge is 0.384 e. The summed E-state index contributed by atoms with van der Waals surface area (Å²) in [5, 5.41) is 2.08. The molecule has 19 heavy (non-hydrogen) atoms. The minimum Gasteiger partial charge on any atom is -0.384 e. The maximum absolute atomic E-state index is 5.85. The number of nitrogen functional groups attached to an aromatic ring is 1. The first-order valence-electron chi connectivity index (χ1n) is 6.04. The third-order valence-corrected chi connectivity index (χ3v) is 4.35. The summed E-state index contributed by atoms with van der Waals surface area (Å²) in [6.45, 7) is 4.94. The number of nitrogens with two attached hydrogens (primary N) is 1. The van der Waals surface area contributed by atoms with Crippen LogP contribution in [0.2, 0.25) is 0 Å². The second-order valence-electron chi connectivity index (χ2n) is 4.75. The molecule has 6 heteroatoms. The maximum Gasteiger partial charge on any atom is 0.135 e. The summed E-state index contributed by atoms with van der Waals surface area (Å²) in [4.78, 5) is 12.2. The van der Waals surface area contributed by atoms with E-state index in [4.69, 9.17) is 5.73 Å². The van der Waals surface area contributed by atoms with Crippen LogP contribution in [-0.2, 0) is 6.54 Å². The first-order chi connectivity index (χ1) is 8.95. The van der Waals surface area contributed by atoms with Crippen LogP contribution < -0.4 is 10.6 Å². The molecule has 0 aliphatic heterocycles. The molecule has 2 N–H and O–H groups in total. The van der Waals surface area contributed by atoms with Crippen LogP contribution in [-0.4, -0.2) is 17.0 Å². The van der Waals surface area contributed by atoms with Crippen molar-refractivity contribution in [3.8, 4) is 0 Å². The van der Waals surface area contributed by atoms with E-state index in [-0.39, 0.29) is 5.92 Å². The van der Waals surface area contributed by atoms with Gasteiger partial charge in [-0.15, -0.1) is 11.3 Å². The first-order valence-corrected chi connectivity index (χ1v) is 7.71. The smallest absolute Gasteiger partial charge is 0.135 e. The SMILES string of the molecule is CC(C)c1nc(N)cc(N(C)Cc2cc(Br)cs2)n1. The van der Waals surface area contributed by atoms with Crippen molar-refractivity contribution in [3.05, 3.63) is 32.7 Å². The van der Waals surface area contributed by atoms with Gasteiger partial charge in [-0.05, 0) is 22.0 Å². The van der Waals surface area contributed by atoms with Gasteiger partial charge in [0.05, 0.1) is 6.54 Å². The summed E-state index contributed by atoms with van der Waals surface area (Å²) in [5.41, 5.74) is 5.85. The number of hydrogen-bond donors (Lipinski definition) is 1. The van der Waals surface area contributed by atoms with E-state index in [1.165, 1.54) is 4.88 Å². The van der Waals surface area contributed by atoms with Crippen LogP contribution in [0.1, 0.15) is 30.5 Å². The van der Waals surface area contributed by atoms with Gasteiger partial charge in [0.2, 0.25) is 0 Å². The number of thiophene rings is 1. The molecule has 0 unspecified atom stereocenters. The molecule has 2 aromatic rings. The van der Waals surface area contributed by atoms with Crippen molar-refractivity contribution in [2.45, 2.75) is 26.3 Å². The molecule has 0 amide bonds. The van der Waals surface area contributed by atoms with Crippen molar-refractivity contribution in [1.82, 2.24) is 9.97 Å². The molecule has 0 saturated heterocycles. The van der Waals surface area contributed by atoms with Gasteiger partial charge in [0.25, 0.3) is 0 Å². The molecular formula is C13H17BrN4S. The van der Waals surface area contributed by atoms with Gasteiger partial charge in [0.15, 0.2) is 0 Å². The molecule has 0 atom stereocenters. The van der Waals surface area contributed by atoms with E-state index in [0.717, 1.165) is 22.7 Å². The van der Waals surface area contributed by atoms with Crippen LogP contribution in [0.5, 0.6) is 0 Å². The summed E-state index contributed by atoms with van der Waals surface area (Å²) < 4.78 is 1.12. The lowest BCUT2D eigenvalue weighted by Crippen LogP contribution is -2.18. The number of rotatable bonds is 4. The minimum absolute atomic E-state index is 0.270. The molecule has 2 rings (SSSR count). The van der Waals surface area contributed by atoms with Crippen LogP contribution in [0.4, 0.5) is 11.6 Å². The molecule has 2 heterocycles. The predicted molar refractivity (Wildman–Crippen MR) is 84.7 cm³/mol. The van der Waals surface area contributed by atoms with Crippen molar-refractivity contribution in [3.63, 3.8) is 0 Å². The second-order valence-corrected chi connectivity index (χ2v) is 6.66. The van der Waals surface area contributed by atoms with Gasteiger partial charge in [-0.25, -0.2) is 9.97 Å². The molecule has 0 radical (unpaired) electrons. The van der Waals surface area contributed by atoms with Crippen LogP contribution in [0.15, 0.2) is 22.0 Å². The fourth-order valence-corrected chi connectivity index (χ4v) is 3.18. The van der Waals surface area contributed by atoms with E-state index >= 15 is 0 Å². The molecule has 4 nitrogen and oxygen atoms in total. The molecule has 0 bridgehead atoms. The minimum atomic E-state index is 0.270. The fraction of sp³-hybridized carbons (Fsp3) is 0.385. The van der Waals surface area contributed by atoms with Gasteiger partial charge in [-0.3, -0.25) is 0 Å². The lowest BCUT2D eigenvalue weighted by molar-refractivity contribution is 0.766. The van der Waals surface area contributed by atoms with Crippen LogP contribution in [0.3, 0.4) is 0 Å². The van der Waals surface area contributed by atoms with Gasteiger partial charge in [0, 0.05) is 33.8 Å². The zero-order valence-corrected chi connectivity index (χ0v) is 13.6. The highest BCUT2D eigenvalue weighted by atomic mass is 79.9. The van der Waals surface area contributed by atoms with E-state index in [2.05, 4.69) is 56.1 Å². The monoisotopic (exact) mass is 340 g/mol. The third kappa shape index (κ3) is 3.67. The van der Waals surface area contributed by atoms with Crippen LogP contribution in [0.25, 0.3) is 0 Å². The Labute approximate surface area is 125 Å². The highest BCUT2D eigenvalue weighted by molar-refractivity contribution is 9.10. The van der Waals surface area contributed by atoms with Crippen molar-refractivity contribution >= 4 is 38.9 Å². The number of halogens is 1. The Morgan fingerprint density at radius 1 is 1.37 bits per heavy atom. The van der Waals surface area contributed by atoms with E-state index in [0.29, 0.717) is 5.82 Å². The second kappa shape index (κ2) is 5.88. The van der Waals surface area contributed by atoms with Crippen molar-refractivity contribution < 1.29 is 0 Å². The molecule has 0 aromatic carbocycles. The first kappa shape index (κ1) is 14.3. The molecule has 0 aliphatic rings. The highest BCUT2D eigenvalue weighted by Gasteiger charge is 2.11. The predicted octanol–water partition coefficient (Wildman–Crippen LogP) is 3.64. The highest BCUT2D eigenvalue weighted by Crippen LogP contribution is 2.23. The Kier molecular flexibility index (Phi) is 4.42. The quantitative estimate of drug-likeness (QED) is 0.922. The van der Waals surface area contributed by atoms with Crippen molar-refractivity contribution in [1.29, 1.82) is 0 Å². The van der Waals surface area contributed by atoms with E-state index in [9.17, 15) is 0 Å². The Morgan fingerprint density at radius 2 is 2.11 bits per heavy atom. The maximum atomic E-state index is 5.85. The molecule has 0 spiro atoms. The normalized spacial score (nSPS) is 11.0. The zero-order valence-electron chi connectivity index (χ0n) is 11.2. The Morgan fingerprint density at radius 3 is 2.68 bits per heavy atom. The van der Waals surface area contributed by atoms with Gasteiger partial charge < -0.3 is 10.6 Å². The molecule has 102 valence electrons. The summed E-state index contributed by atoms with van der Waals surface area (Å²) in [5.74, 6) is 2.44. The number of nitrogens with zero attached hydrogens (tertiary/aromatic N) is 3. The Balaban J connectivity index is 2.20. The van der Waals surface area contributed by atoms with Gasteiger partial charge in [0.1, 0.15) is 17.5 Å². The summed E-state index contributed by atoms with van der Waals surface area (Å²) >= 11 is 5.19. The zero-order chi connectivity index (χ0) is 14.0. The number of hydrogen-bond acceptors (Lipinski definition) is 5. The third-order valence-electron chi connectivity index (χ3n) is 2.67. The van der Waals surface area contributed by atoms with Crippen molar-refractivity contribution in [2.24, 2.45) is 0 Å². The van der Waals surface area contributed by atoms with E-state index in [1.54, 1.807) is 11.3 Å². The lowest BCUT2D eigenvalue weighted by atomic mass is 10.2. The average Bonchev–Trinajstić information content (AvgIpc) is 2.73. The average molecular weight is 341 g/mol. The Bertz CT molecular complexity index is 568. The number of anilines is 2. The molecule has 2 aromatic heterocycles. The van der Waals surface area contributed by atoms with E-state index < -0.39 is 0 Å². The van der Waals surface area contributed by atoms with Crippen LogP contribution in [0, 0.1) is 0 Å². The molecule has 0 saturated carbocycles. The summed E-state index contributed by atoms with van der Waals surface area (Å²) in [6.07, 6.45) is 0. The van der Waals surface area contributed by atoms with Gasteiger partial charge in [-0.1, -0.05) is 13.8 Å². The topological polar surface area (TPSA) is 55.0 Å². The van der Waals surface area contributed by atoms with Crippen molar-refractivity contribution in [2.75, 3.05) is 17.7 Å². The standard InChI is InChI=1S/C13H17BrN4S/c1-8(2)13-16-11(15)5-12(17-13)18(3)6-10-4-9(14)7-19-10/h4-5,7-8H,6H2,1-3H3,(H2,15,16,17). The fourth-order valence-electron chi connectivity index (χ4n) is 1.68. The van der Waals surface area contributed by atoms with Gasteiger partial charge >= 0.3 is 0 Å². The van der Waals surface area contributed by atoms with Crippen LogP contribution >= 0.6 is 27.3 Å². The number of aromatic nitrogens is 2. The lowest BCUT2D eigenvalue weighted by Gasteiger charge is -2.19.